The van der Waals surface area contributed by atoms with Crippen LogP contribution in [0.3, 0.4) is 0 Å². The number of carbonyl (C=O) groups is 1. The molecular weight excluding hydrogens is 286 g/mol. The van der Waals surface area contributed by atoms with E-state index in [0.29, 0.717) is 24.2 Å². The van der Waals surface area contributed by atoms with Crippen molar-refractivity contribution in [3.05, 3.63) is 30.3 Å². The van der Waals surface area contributed by atoms with E-state index in [0.717, 1.165) is 24.6 Å². The second-order valence-corrected chi connectivity index (χ2v) is 7.11. The Labute approximate surface area is 141 Å². The summed E-state index contributed by atoms with van der Waals surface area (Å²) in [5, 5.41) is 0. The predicted octanol–water partition coefficient (Wildman–Crippen LogP) is 4.37. The Morgan fingerprint density at radius 2 is 1.96 bits per heavy atom. The SMILES string of the molecule is COCCC(CC(=O)N(C)c1ccccc1)[C@H]1CC[C@@H](C)[C@H]1C. The van der Waals surface area contributed by atoms with Crippen molar-refractivity contribution in [3.63, 3.8) is 0 Å². The van der Waals surface area contributed by atoms with Crippen LogP contribution in [0.15, 0.2) is 30.3 Å². The summed E-state index contributed by atoms with van der Waals surface area (Å²) in [6, 6.07) is 9.90. The molecule has 0 bridgehead atoms. The highest BCUT2D eigenvalue weighted by molar-refractivity contribution is 5.92. The fourth-order valence-electron chi connectivity index (χ4n) is 3.96. The molecule has 0 radical (unpaired) electrons. The van der Waals surface area contributed by atoms with Gasteiger partial charge in [-0.25, -0.2) is 0 Å². The molecule has 0 saturated heterocycles. The molecule has 1 amide bonds. The number of benzene rings is 1. The lowest BCUT2D eigenvalue weighted by Gasteiger charge is -2.29. The zero-order valence-corrected chi connectivity index (χ0v) is 15.0. The van der Waals surface area contributed by atoms with Gasteiger partial charge in [-0.15, -0.1) is 0 Å². The van der Waals surface area contributed by atoms with Crippen molar-refractivity contribution < 1.29 is 9.53 Å². The lowest BCUT2D eigenvalue weighted by molar-refractivity contribution is -0.119. The number of carbonyl (C=O) groups excluding carboxylic acids is 1. The Bertz CT molecular complexity index is 488. The van der Waals surface area contributed by atoms with Gasteiger partial charge in [0.2, 0.25) is 5.91 Å². The van der Waals surface area contributed by atoms with E-state index in [4.69, 9.17) is 4.74 Å². The second-order valence-electron chi connectivity index (χ2n) is 7.11. The van der Waals surface area contributed by atoms with Crippen molar-refractivity contribution in [2.75, 3.05) is 25.7 Å². The number of rotatable bonds is 7. The summed E-state index contributed by atoms with van der Waals surface area (Å²) < 4.78 is 5.30. The van der Waals surface area contributed by atoms with Gasteiger partial charge < -0.3 is 9.64 Å². The first-order valence-corrected chi connectivity index (χ1v) is 8.85. The van der Waals surface area contributed by atoms with Gasteiger partial charge in [0.25, 0.3) is 0 Å². The number of para-hydroxylation sites is 1. The average molecular weight is 317 g/mol. The molecular formula is C20H31NO2. The van der Waals surface area contributed by atoms with Crippen LogP contribution in [0.5, 0.6) is 0 Å². The van der Waals surface area contributed by atoms with Gasteiger partial charge >= 0.3 is 0 Å². The fourth-order valence-corrected chi connectivity index (χ4v) is 3.96. The maximum atomic E-state index is 12.7. The maximum Gasteiger partial charge on any atom is 0.227 e. The van der Waals surface area contributed by atoms with E-state index in [1.54, 1.807) is 12.0 Å². The standard InChI is InChI=1S/C20H31NO2/c1-15-10-11-19(16(15)2)17(12-13-23-4)14-20(22)21(3)18-8-6-5-7-9-18/h5-9,15-17,19H,10-14H2,1-4H3/t15-,16-,17?,19+/m1/s1. The van der Waals surface area contributed by atoms with E-state index in [2.05, 4.69) is 13.8 Å². The van der Waals surface area contributed by atoms with Crippen LogP contribution in [0, 0.1) is 23.7 Å². The molecule has 3 nitrogen and oxygen atoms in total. The van der Waals surface area contributed by atoms with Crippen LogP contribution < -0.4 is 4.90 Å². The highest BCUT2D eigenvalue weighted by Gasteiger charge is 2.36. The fraction of sp³-hybridized carbons (Fsp3) is 0.650. The summed E-state index contributed by atoms with van der Waals surface area (Å²) in [5.41, 5.74) is 0.968. The number of nitrogens with zero attached hydrogens (tertiary/aromatic N) is 1. The van der Waals surface area contributed by atoms with Gasteiger partial charge in [-0.3, -0.25) is 4.79 Å². The minimum absolute atomic E-state index is 0.212. The molecule has 1 aliphatic carbocycles. The van der Waals surface area contributed by atoms with Gasteiger partial charge in [-0.1, -0.05) is 38.5 Å². The Morgan fingerprint density at radius 3 is 2.52 bits per heavy atom. The molecule has 3 heteroatoms. The van der Waals surface area contributed by atoms with Gasteiger partial charge in [-0.05, 0) is 48.6 Å². The first-order valence-electron chi connectivity index (χ1n) is 8.85. The number of hydrogen-bond acceptors (Lipinski definition) is 2. The average Bonchev–Trinajstić information content (AvgIpc) is 2.90. The number of amides is 1. The molecule has 0 aromatic heterocycles. The predicted molar refractivity (Wildman–Crippen MR) is 95.5 cm³/mol. The molecule has 1 saturated carbocycles. The normalized spacial score (nSPS) is 25.3. The van der Waals surface area contributed by atoms with Crippen molar-refractivity contribution in [2.45, 2.75) is 39.5 Å². The summed E-state index contributed by atoms with van der Waals surface area (Å²) in [4.78, 5) is 14.5. The van der Waals surface area contributed by atoms with E-state index in [1.165, 1.54) is 12.8 Å². The van der Waals surface area contributed by atoms with E-state index in [-0.39, 0.29) is 5.91 Å². The number of methoxy groups -OCH3 is 1. The summed E-state index contributed by atoms with van der Waals surface area (Å²) in [5.74, 6) is 2.75. The zero-order chi connectivity index (χ0) is 16.8. The summed E-state index contributed by atoms with van der Waals surface area (Å²) >= 11 is 0. The molecule has 1 aromatic carbocycles. The number of anilines is 1. The third-order valence-corrected chi connectivity index (χ3v) is 5.78. The Morgan fingerprint density at radius 1 is 1.26 bits per heavy atom. The van der Waals surface area contributed by atoms with Crippen LogP contribution in [-0.2, 0) is 9.53 Å². The smallest absolute Gasteiger partial charge is 0.227 e. The third-order valence-electron chi connectivity index (χ3n) is 5.78. The third kappa shape index (κ3) is 4.57. The topological polar surface area (TPSA) is 29.5 Å². The molecule has 1 aromatic rings. The van der Waals surface area contributed by atoms with Crippen molar-refractivity contribution in [1.29, 1.82) is 0 Å². The molecule has 1 fully saturated rings. The Balaban J connectivity index is 2.03. The summed E-state index contributed by atoms with van der Waals surface area (Å²) in [6.45, 7) is 5.44. The lowest BCUT2D eigenvalue weighted by Crippen LogP contribution is -2.31. The summed E-state index contributed by atoms with van der Waals surface area (Å²) in [6.07, 6.45) is 4.14. The molecule has 0 aliphatic heterocycles. The number of hydrogen-bond donors (Lipinski definition) is 0. The van der Waals surface area contributed by atoms with Gasteiger partial charge in [-0.2, -0.15) is 0 Å². The Kier molecular flexibility index (Phi) is 6.64. The zero-order valence-electron chi connectivity index (χ0n) is 15.0. The van der Waals surface area contributed by atoms with Crippen LogP contribution in [0.25, 0.3) is 0 Å². The Hall–Kier alpha value is -1.35. The van der Waals surface area contributed by atoms with Crippen LogP contribution >= 0.6 is 0 Å². The monoisotopic (exact) mass is 317 g/mol. The molecule has 1 unspecified atom stereocenters. The minimum Gasteiger partial charge on any atom is -0.385 e. The van der Waals surface area contributed by atoms with Crippen molar-refractivity contribution in [3.8, 4) is 0 Å². The molecule has 2 rings (SSSR count). The van der Waals surface area contributed by atoms with Crippen LogP contribution in [-0.4, -0.2) is 26.7 Å². The molecule has 0 N–H and O–H groups in total. The van der Waals surface area contributed by atoms with Crippen molar-refractivity contribution >= 4 is 11.6 Å². The first-order chi connectivity index (χ1) is 11.0. The highest BCUT2D eigenvalue weighted by atomic mass is 16.5. The highest BCUT2D eigenvalue weighted by Crippen LogP contribution is 2.43. The van der Waals surface area contributed by atoms with E-state index in [9.17, 15) is 4.79 Å². The lowest BCUT2D eigenvalue weighted by atomic mass is 9.79. The second kappa shape index (κ2) is 8.49. The molecule has 23 heavy (non-hydrogen) atoms. The van der Waals surface area contributed by atoms with Crippen LogP contribution in [0.2, 0.25) is 0 Å². The molecule has 0 heterocycles. The van der Waals surface area contributed by atoms with Crippen molar-refractivity contribution in [1.82, 2.24) is 0 Å². The maximum absolute atomic E-state index is 12.7. The first kappa shape index (κ1) is 18.0. The molecule has 1 aliphatic rings. The quantitative estimate of drug-likeness (QED) is 0.747. The van der Waals surface area contributed by atoms with Gasteiger partial charge in [0.05, 0.1) is 0 Å². The largest absolute Gasteiger partial charge is 0.385 e. The summed E-state index contributed by atoms with van der Waals surface area (Å²) in [7, 11) is 3.63. The van der Waals surface area contributed by atoms with Gasteiger partial charge in [0.15, 0.2) is 0 Å². The van der Waals surface area contributed by atoms with E-state index >= 15 is 0 Å². The van der Waals surface area contributed by atoms with E-state index < -0.39 is 0 Å². The number of ether oxygens (including phenoxy) is 1. The van der Waals surface area contributed by atoms with Crippen LogP contribution in [0.4, 0.5) is 5.69 Å². The van der Waals surface area contributed by atoms with Gasteiger partial charge in [0, 0.05) is 32.9 Å². The molecule has 4 atom stereocenters. The van der Waals surface area contributed by atoms with Crippen molar-refractivity contribution in [2.24, 2.45) is 23.7 Å². The van der Waals surface area contributed by atoms with Gasteiger partial charge in [0.1, 0.15) is 0 Å². The minimum atomic E-state index is 0.212. The molecule has 128 valence electrons. The molecule has 0 spiro atoms. The van der Waals surface area contributed by atoms with Crippen LogP contribution in [0.1, 0.15) is 39.5 Å². The van der Waals surface area contributed by atoms with E-state index in [1.807, 2.05) is 37.4 Å².